The Morgan fingerprint density at radius 3 is 2.38 bits per heavy atom. The Labute approximate surface area is 191 Å². The lowest BCUT2D eigenvalue weighted by Crippen LogP contribution is -2.48. The normalized spacial score (nSPS) is 18.6. The third-order valence-electron chi connectivity index (χ3n) is 5.84. The molecule has 6 heteroatoms. The Morgan fingerprint density at radius 1 is 1.09 bits per heavy atom. The van der Waals surface area contributed by atoms with Gasteiger partial charge in [0, 0.05) is 42.9 Å². The van der Waals surface area contributed by atoms with Crippen LogP contribution in [0.1, 0.15) is 48.4 Å². The number of nitrogens with zero attached hydrogens (tertiary/aromatic N) is 2. The van der Waals surface area contributed by atoms with Crippen LogP contribution in [0, 0.1) is 6.07 Å². The van der Waals surface area contributed by atoms with Crippen molar-refractivity contribution in [1.82, 2.24) is 15.1 Å². The quantitative estimate of drug-likeness (QED) is 0.688. The molecule has 1 radical (unpaired) electrons. The Hall–Kier alpha value is -2.70. The van der Waals surface area contributed by atoms with E-state index in [9.17, 15) is 9.59 Å². The van der Waals surface area contributed by atoms with Gasteiger partial charge in [0.05, 0.1) is 12.2 Å². The molecule has 2 atom stereocenters. The van der Waals surface area contributed by atoms with Crippen LogP contribution in [-0.4, -0.2) is 73.1 Å². The molecule has 1 fully saturated rings. The first-order chi connectivity index (χ1) is 15.4. The van der Waals surface area contributed by atoms with Gasteiger partial charge in [-0.1, -0.05) is 38.1 Å². The highest BCUT2D eigenvalue weighted by Crippen LogP contribution is 2.26. The molecule has 2 aromatic carbocycles. The zero-order valence-corrected chi connectivity index (χ0v) is 19.6. The second kappa shape index (κ2) is 11.2. The van der Waals surface area contributed by atoms with Crippen LogP contribution >= 0.6 is 0 Å². The van der Waals surface area contributed by atoms with E-state index in [-0.39, 0.29) is 24.0 Å². The molecule has 32 heavy (non-hydrogen) atoms. The van der Waals surface area contributed by atoms with Crippen LogP contribution in [0.2, 0.25) is 0 Å². The van der Waals surface area contributed by atoms with Gasteiger partial charge < -0.3 is 19.9 Å². The molecule has 0 saturated carbocycles. The van der Waals surface area contributed by atoms with E-state index in [0.717, 1.165) is 30.8 Å². The Morgan fingerprint density at radius 2 is 1.75 bits per heavy atom. The van der Waals surface area contributed by atoms with Crippen LogP contribution in [0.15, 0.2) is 42.5 Å². The summed E-state index contributed by atoms with van der Waals surface area (Å²) in [5, 5.41) is 2.98. The molecular formula is C26H34N3O3. The van der Waals surface area contributed by atoms with Gasteiger partial charge in [0.25, 0.3) is 11.8 Å². The predicted octanol–water partition coefficient (Wildman–Crippen LogP) is 3.47. The summed E-state index contributed by atoms with van der Waals surface area (Å²) in [5.74, 6) is -0.106. The van der Waals surface area contributed by atoms with Gasteiger partial charge in [0.2, 0.25) is 0 Å². The lowest BCUT2D eigenvalue weighted by molar-refractivity contribution is -0.0586. The molecule has 1 aliphatic heterocycles. The molecule has 171 valence electrons. The van der Waals surface area contributed by atoms with Crippen LogP contribution in [0.25, 0.3) is 11.1 Å². The van der Waals surface area contributed by atoms with Gasteiger partial charge in [-0.3, -0.25) is 9.59 Å². The number of hydrogen-bond donors (Lipinski definition) is 1. The fourth-order valence-corrected chi connectivity index (χ4v) is 4.13. The van der Waals surface area contributed by atoms with Crippen LogP contribution in [-0.2, 0) is 4.74 Å². The highest BCUT2D eigenvalue weighted by atomic mass is 16.5. The maximum Gasteiger partial charge on any atom is 0.254 e. The molecular weight excluding hydrogens is 402 g/mol. The molecule has 0 spiro atoms. The van der Waals surface area contributed by atoms with Crippen molar-refractivity contribution in [1.29, 1.82) is 0 Å². The van der Waals surface area contributed by atoms with E-state index >= 15 is 0 Å². The van der Waals surface area contributed by atoms with Crippen molar-refractivity contribution in [2.75, 3.05) is 39.3 Å². The van der Waals surface area contributed by atoms with Crippen molar-refractivity contribution in [2.45, 2.75) is 39.9 Å². The molecule has 2 amide bonds. The van der Waals surface area contributed by atoms with Crippen molar-refractivity contribution in [2.24, 2.45) is 0 Å². The molecule has 1 N–H and O–H groups in total. The number of rotatable bonds is 8. The van der Waals surface area contributed by atoms with Gasteiger partial charge in [0.15, 0.2) is 0 Å². The number of hydrogen-bond acceptors (Lipinski definition) is 4. The summed E-state index contributed by atoms with van der Waals surface area (Å²) in [6.45, 7) is 12.7. The largest absolute Gasteiger partial charge is 0.372 e. The lowest BCUT2D eigenvalue weighted by atomic mass is 9.97. The van der Waals surface area contributed by atoms with Gasteiger partial charge in [-0.05, 0) is 56.8 Å². The van der Waals surface area contributed by atoms with Gasteiger partial charge in [-0.25, -0.2) is 0 Å². The van der Waals surface area contributed by atoms with Crippen molar-refractivity contribution < 1.29 is 14.3 Å². The van der Waals surface area contributed by atoms with Crippen molar-refractivity contribution >= 4 is 11.8 Å². The SMILES string of the molecule is CCN(CC)CCNC(=O)c1ccc(-c2[c]cccc2C(=O)N2CC(C)OC(C)C2)cc1. The Kier molecular flexibility index (Phi) is 8.42. The molecule has 0 aliphatic carbocycles. The number of benzene rings is 2. The van der Waals surface area contributed by atoms with Crippen molar-refractivity contribution in [3.63, 3.8) is 0 Å². The summed E-state index contributed by atoms with van der Waals surface area (Å²) in [5.41, 5.74) is 2.83. The number of amides is 2. The summed E-state index contributed by atoms with van der Waals surface area (Å²) in [4.78, 5) is 29.9. The summed E-state index contributed by atoms with van der Waals surface area (Å²) < 4.78 is 5.76. The smallest absolute Gasteiger partial charge is 0.254 e. The number of ether oxygens (including phenoxy) is 1. The van der Waals surface area contributed by atoms with Gasteiger partial charge in [-0.2, -0.15) is 0 Å². The number of carbonyl (C=O) groups is 2. The zero-order chi connectivity index (χ0) is 23.1. The fourth-order valence-electron chi connectivity index (χ4n) is 4.13. The summed E-state index contributed by atoms with van der Waals surface area (Å²) in [6.07, 6.45) is 0.0248. The van der Waals surface area contributed by atoms with E-state index in [1.807, 2.05) is 49.1 Å². The van der Waals surface area contributed by atoms with Gasteiger partial charge in [-0.15, -0.1) is 0 Å². The highest BCUT2D eigenvalue weighted by molar-refractivity contribution is 6.01. The molecule has 0 bridgehead atoms. The maximum atomic E-state index is 13.3. The second-order valence-electron chi connectivity index (χ2n) is 8.29. The van der Waals surface area contributed by atoms with Crippen LogP contribution in [0.4, 0.5) is 0 Å². The van der Waals surface area contributed by atoms with Crippen LogP contribution in [0.3, 0.4) is 0 Å². The number of likely N-dealkylation sites (N-methyl/N-ethyl adjacent to an activating group) is 1. The average molecular weight is 437 g/mol. The number of nitrogens with one attached hydrogen (secondary N) is 1. The first-order valence-corrected chi connectivity index (χ1v) is 11.5. The first kappa shape index (κ1) is 24.0. The fraction of sp³-hybridized carbons (Fsp3) is 0.462. The maximum absolute atomic E-state index is 13.3. The van der Waals surface area contributed by atoms with Crippen LogP contribution < -0.4 is 5.32 Å². The monoisotopic (exact) mass is 436 g/mol. The summed E-state index contributed by atoms with van der Waals surface area (Å²) in [7, 11) is 0. The van der Waals surface area contributed by atoms with Crippen LogP contribution in [0.5, 0.6) is 0 Å². The molecule has 1 aliphatic rings. The van der Waals surface area contributed by atoms with Crippen molar-refractivity contribution in [3.8, 4) is 11.1 Å². The van der Waals surface area contributed by atoms with E-state index in [1.54, 1.807) is 12.1 Å². The number of carbonyl (C=O) groups excluding carboxylic acids is 2. The predicted molar refractivity (Wildman–Crippen MR) is 127 cm³/mol. The molecule has 2 aromatic rings. The number of morpholine rings is 1. The minimum absolute atomic E-state index is 0.0124. The molecule has 3 rings (SSSR count). The van der Waals surface area contributed by atoms with E-state index in [2.05, 4.69) is 30.1 Å². The molecule has 0 aromatic heterocycles. The third-order valence-corrected chi connectivity index (χ3v) is 5.84. The highest BCUT2D eigenvalue weighted by Gasteiger charge is 2.28. The molecule has 6 nitrogen and oxygen atoms in total. The van der Waals surface area contributed by atoms with E-state index in [1.165, 1.54) is 0 Å². The van der Waals surface area contributed by atoms with Gasteiger partial charge >= 0.3 is 0 Å². The zero-order valence-electron chi connectivity index (χ0n) is 19.6. The Bertz CT molecular complexity index is 899. The standard InChI is InChI=1S/C26H34N3O3/c1-5-28(6-2)16-15-27-25(30)22-13-11-21(12-14-22)23-9-7-8-10-24(23)26(31)29-17-19(3)32-20(4)18-29/h7-8,10-14,19-20H,5-6,15-18H2,1-4H3,(H,27,30). The lowest BCUT2D eigenvalue weighted by Gasteiger charge is -2.35. The third kappa shape index (κ3) is 5.96. The van der Waals surface area contributed by atoms with E-state index in [4.69, 9.17) is 4.74 Å². The van der Waals surface area contributed by atoms with E-state index in [0.29, 0.717) is 30.8 Å². The minimum atomic E-state index is -0.0895. The van der Waals surface area contributed by atoms with Crippen molar-refractivity contribution in [3.05, 3.63) is 59.7 Å². The average Bonchev–Trinajstić information content (AvgIpc) is 2.81. The summed E-state index contributed by atoms with van der Waals surface area (Å²) in [6, 6.07) is 16.1. The molecule has 1 saturated heterocycles. The van der Waals surface area contributed by atoms with E-state index < -0.39 is 0 Å². The van der Waals surface area contributed by atoms with Gasteiger partial charge in [0.1, 0.15) is 0 Å². The topological polar surface area (TPSA) is 61.9 Å². The second-order valence-corrected chi connectivity index (χ2v) is 8.29. The molecule has 1 heterocycles. The summed E-state index contributed by atoms with van der Waals surface area (Å²) >= 11 is 0. The first-order valence-electron chi connectivity index (χ1n) is 11.5. The Balaban J connectivity index is 1.71. The molecule has 2 unspecified atom stereocenters. The minimum Gasteiger partial charge on any atom is -0.372 e.